The van der Waals surface area contributed by atoms with Gasteiger partial charge in [-0.05, 0) is 128 Å². The maximum absolute atomic E-state index is 12.9. The van der Waals surface area contributed by atoms with Gasteiger partial charge in [-0.25, -0.2) is 0 Å². The molecule has 0 aromatic rings. The maximum Gasteiger partial charge on any atom is 0.306 e. The fourth-order valence-corrected chi connectivity index (χ4v) is 9.49. The third-order valence-corrected chi connectivity index (χ3v) is 14.7. The molecule has 0 saturated heterocycles. The normalized spacial score (nSPS) is 12.9. The second-order valence-electron chi connectivity index (χ2n) is 22.7. The third kappa shape index (κ3) is 66.6. The topological polar surface area (TPSA) is 78.9 Å². The van der Waals surface area contributed by atoms with E-state index in [1.807, 2.05) is 0 Å². The summed E-state index contributed by atoms with van der Waals surface area (Å²) in [5, 5.41) is 0. The smallest absolute Gasteiger partial charge is 0.306 e. The van der Waals surface area contributed by atoms with Crippen LogP contribution in [0.15, 0.2) is 122 Å². The molecule has 0 amide bonds. The lowest BCUT2D eigenvalue weighted by atomic mass is 10.0. The van der Waals surface area contributed by atoms with E-state index >= 15 is 0 Å². The molecule has 1 atom stereocenters. The molecule has 0 fully saturated rings. The SMILES string of the molecule is CC/C=C\C/C=C\C/C=C\C/C=C\C/C=C\C/C=C\C/C=C\CCCCCCCCCCCCCCCC(=O)OCC(COC(=O)CCCCCCC/C=C\C/C=C\CCCC)OC(=O)CCCCCCC/C=C\CCCCCCCC. The molecule has 1 unspecified atom stereocenters. The van der Waals surface area contributed by atoms with Gasteiger partial charge in [0.05, 0.1) is 0 Å². The fourth-order valence-electron chi connectivity index (χ4n) is 9.49. The van der Waals surface area contributed by atoms with E-state index in [0.717, 1.165) is 141 Å². The Hall–Kier alpha value is -4.19. The average molecular weight is 1140 g/mol. The molecule has 82 heavy (non-hydrogen) atoms. The molecule has 0 saturated carbocycles. The predicted octanol–water partition coefficient (Wildman–Crippen LogP) is 23.9. The molecular formula is C76H128O6. The molecule has 0 spiro atoms. The summed E-state index contributed by atoms with van der Waals surface area (Å²) in [4.78, 5) is 38.3. The summed E-state index contributed by atoms with van der Waals surface area (Å²) in [6.45, 7) is 6.48. The lowest BCUT2D eigenvalue weighted by molar-refractivity contribution is -0.167. The minimum atomic E-state index is -0.790. The number of hydrogen-bond donors (Lipinski definition) is 0. The van der Waals surface area contributed by atoms with E-state index in [0.29, 0.717) is 19.3 Å². The molecule has 0 aromatic heterocycles. The Balaban J connectivity index is 4.20. The van der Waals surface area contributed by atoms with Crippen molar-refractivity contribution in [2.75, 3.05) is 13.2 Å². The minimum absolute atomic E-state index is 0.0858. The first-order valence-corrected chi connectivity index (χ1v) is 34.5. The van der Waals surface area contributed by atoms with Crippen molar-refractivity contribution < 1.29 is 28.6 Å². The number of esters is 3. The molecule has 0 aliphatic heterocycles. The van der Waals surface area contributed by atoms with E-state index in [2.05, 4.69) is 142 Å². The molecule has 0 rings (SSSR count). The summed E-state index contributed by atoms with van der Waals surface area (Å²) in [6.07, 6.45) is 96.5. The summed E-state index contributed by atoms with van der Waals surface area (Å²) in [5.74, 6) is -0.901. The first-order valence-electron chi connectivity index (χ1n) is 34.5. The molecule has 468 valence electrons. The van der Waals surface area contributed by atoms with Crippen molar-refractivity contribution in [2.24, 2.45) is 0 Å². The zero-order valence-electron chi connectivity index (χ0n) is 53.7. The van der Waals surface area contributed by atoms with Gasteiger partial charge < -0.3 is 14.2 Å². The molecular weight excluding hydrogens is 1010 g/mol. The highest BCUT2D eigenvalue weighted by Gasteiger charge is 2.19. The summed E-state index contributed by atoms with van der Waals surface area (Å²) >= 11 is 0. The van der Waals surface area contributed by atoms with Crippen LogP contribution in [0.3, 0.4) is 0 Å². The summed E-state index contributed by atoms with van der Waals surface area (Å²) in [7, 11) is 0. The van der Waals surface area contributed by atoms with Crippen molar-refractivity contribution in [1.82, 2.24) is 0 Å². The quantitative estimate of drug-likeness (QED) is 0.0261. The van der Waals surface area contributed by atoms with Crippen LogP contribution in [0.1, 0.15) is 323 Å². The first-order chi connectivity index (χ1) is 40.5. The standard InChI is InChI=1S/C76H128O6/c1-4-7-10-13-16-19-22-25-28-29-30-31-32-33-34-35-36-37-38-39-40-41-42-43-44-45-46-47-49-51-54-57-60-63-66-69-75(78)81-72-73(71-80-74(77)68-65-62-59-56-53-50-27-24-21-18-15-12-9-6-3)82-76(79)70-67-64-61-58-55-52-48-26-23-20-17-14-11-8-5-2/h7,10,15-16,18-19,24-28,30-31,33-34,36-37,39-40,48,73H,4-6,8-9,11-14,17,20-23,29,32,35,38,41-47,49-72H2,1-3H3/b10-7-,18-15-,19-16-,27-24-,28-25-,31-30-,34-33-,37-36-,40-39-,48-26-. The predicted molar refractivity (Wildman–Crippen MR) is 357 cm³/mol. The van der Waals surface area contributed by atoms with Crippen LogP contribution in [-0.4, -0.2) is 37.2 Å². The Kier molecular flexibility index (Phi) is 65.8. The number of carbonyl (C=O) groups is 3. The molecule has 6 heteroatoms. The molecule has 0 heterocycles. The van der Waals surface area contributed by atoms with Crippen LogP contribution in [0.4, 0.5) is 0 Å². The Labute approximate surface area is 507 Å². The maximum atomic E-state index is 12.9. The van der Waals surface area contributed by atoms with Gasteiger partial charge in [0.15, 0.2) is 6.10 Å². The number of ether oxygens (including phenoxy) is 3. The molecule has 0 aliphatic carbocycles. The van der Waals surface area contributed by atoms with E-state index < -0.39 is 6.10 Å². The summed E-state index contributed by atoms with van der Waals surface area (Å²) < 4.78 is 16.9. The van der Waals surface area contributed by atoms with Gasteiger partial charge in [0, 0.05) is 19.3 Å². The summed E-state index contributed by atoms with van der Waals surface area (Å²) in [5.41, 5.74) is 0. The molecule has 6 nitrogen and oxygen atoms in total. The Morgan fingerprint density at radius 1 is 0.256 bits per heavy atom. The van der Waals surface area contributed by atoms with Gasteiger partial charge in [-0.15, -0.1) is 0 Å². The third-order valence-electron chi connectivity index (χ3n) is 14.7. The summed E-state index contributed by atoms with van der Waals surface area (Å²) in [6, 6.07) is 0. The molecule has 0 aromatic carbocycles. The number of unbranched alkanes of at least 4 members (excludes halogenated alkanes) is 31. The van der Waals surface area contributed by atoms with Crippen LogP contribution < -0.4 is 0 Å². The highest BCUT2D eigenvalue weighted by molar-refractivity contribution is 5.71. The average Bonchev–Trinajstić information content (AvgIpc) is 3.48. The van der Waals surface area contributed by atoms with Gasteiger partial charge in [0.25, 0.3) is 0 Å². The fraction of sp³-hybridized carbons (Fsp3) is 0.697. The minimum Gasteiger partial charge on any atom is -0.462 e. The van der Waals surface area contributed by atoms with Gasteiger partial charge in [0.2, 0.25) is 0 Å². The zero-order valence-corrected chi connectivity index (χ0v) is 53.7. The van der Waals surface area contributed by atoms with E-state index in [1.54, 1.807) is 0 Å². The van der Waals surface area contributed by atoms with Crippen LogP contribution in [-0.2, 0) is 28.6 Å². The van der Waals surface area contributed by atoms with Crippen molar-refractivity contribution >= 4 is 17.9 Å². The highest BCUT2D eigenvalue weighted by Crippen LogP contribution is 2.16. The van der Waals surface area contributed by atoms with Gasteiger partial charge in [-0.1, -0.05) is 296 Å². The number of allylic oxidation sites excluding steroid dienone is 20. The van der Waals surface area contributed by atoms with Crippen LogP contribution in [0.2, 0.25) is 0 Å². The second-order valence-corrected chi connectivity index (χ2v) is 22.7. The van der Waals surface area contributed by atoms with Crippen LogP contribution in [0.5, 0.6) is 0 Å². The molecule has 0 N–H and O–H groups in total. The van der Waals surface area contributed by atoms with Crippen molar-refractivity contribution in [3.63, 3.8) is 0 Å². The number of hydrogen-bond acceptors (Lipinski definition) is 6. The lowest BCUT2D eigenvalue weighted by Crippen LogP contribution is -2.30. The van der Waals surface area contributed by atoms with E-state index in [4.69, 9.17) is 14.2 Å². The van der Waals surface area contributed by atoms with Gasteiger partial charge in [-0.2, -0.15) is 0 Å². The number of carbonyl (C=O) groups excluding carboxylic acids is 3. The number of rotatable bonds is 62. The lowest BCUT2D eigenvalue weighted by Gasteiger charge is -2.18. The second kappa shape index (κ2) is 69.3. The first kappa shape index (κ1) is 77.8. The van der Waals surface area contributed by atoms with E-state index in [9.17, 15) is 14.4 Å². The molecule has 0 aliphatic rings. The van der Waals surface area contributed by atoms with Crippen molar-refractivity contribution in [2.45, 2.75) is 329 Å². The van der Waals surface area contributed by atoms with E-state index in [1.165, 1.54) is 141 Å². The largest absolute Gasteiger partial charge is 0.462 e. The van der Waals surface area contributed by atoms with Gasteiger partial charge in [-0.3, -0.25) is 14.4 Å². The van der Waals surface area contributed by atoms with Crippen molar-refractivity contribution in [3.8, 4) is 0 Å². The highest BCUT2D eigenvalue weighted by atomic mass is 16.6. The van der Waals surface area contributed by atoms with Crippen LogP contribution >= 0.6 is 0 Å². The van der Waals surface area contributed by atoms with Crippen molar-refractivity contribution in [1.29, 1.82) is 0 Å². The van der Waals surface area contributed by atoms with Gasteiger partial charge in [0.1, 0.15) is 13.2 Å². The monoisotopic (exact) mass is 1140 g/mol. The van der Waals surface area contributed by atoms with Crippen LogP contribution in [0.25, 0.3) is 0 Å². The van der Waals surface area contributed by atoms with Crippen molar-refractivity contribution in [3.05, 3.63) is 122 Å². The zero-order chi connectivity index (χ0) is 59.2. The van der Waals surface area contributed by atoms with Crippen LogP contribution in [0, 0.1) is 0 Å². The molecule has 0 bridgehead atoms. The molecule has 0 radical (unpaired) electrons. The Morgan fingerprint density at radius 3 is 0.793 bits per heavy atom. The van der Waals surface area contributed by atoms with E-state index in [-0.39, 0.29) is 31.1 Å². The Morgan fingerprint density at radius 2 is 0.488 bits per heavy atom. The Bertz CT molecular complexity index is 1690. The van der Waals surface area contributed by atoms with Gasteiger partial charge >= 0.3 is 17.9 Å².